The van der Waals surface area contributed by atoms with Gasteiger partial charge in [0.25, 0.3) is 5.17 Å². The number of thiocarbonyl (C=S) groups is 1. The van der Waals surface area contributed by atoms with Crippen LogP contribution in [0, 0.1) is 11.5 Å². The first-order valence-corrected chi connectivity index (χ1v) is 15.4. The number of hydrogen-bond donors (Lipinski definition) is 0. The van der Waals surface area contributed by atoms with E-state index in [0.29, 0.717) is 19.4 Å². The van der Waals surface area contributed by atoms with Crippen molar-refractivity contribution in [2.75, 3.05) is 6.61 Å². The van der Waals surface area contributed by atoms with Gasteiger partial charge in [-0.25, -0.2) is 4.98 Å². The van der Waals surface area contributed by atoms with Crippen molar-refractivity contribution in [3.8, 4) is 11.5 Å². The number of rotatable bonds is 7. The molecular formula is C23H36N2O6SSi. The molecule has 0 amide bonds. The summed E-state index contributed by atoms with van der Waals surface area (Å²) in [5, 5.41) is 0.272. The number of imidazole rings is 1. The Bertz CT molecular complexity index is 847. The molecule has 10 heteroatoms. The number of nitrogens with zero attached hydrogens (tertiary/aromatic N) is 2. The molecule has 0 N–H and O–H groups in total. The number of hydrogen-bond acceptors (Lipinski definition) is 8. The van der Waals surface area contributed by atoms with E-state index in [9.17, 15) is 0 Å². The van der Waals surface area contributed by atoms with Gasteiger partial charge in [-0.3, -0.25) is 4.57 Å². The van der Waals surface area contributed by atoms with Gasteiger partial charge in [-0.2, -0.15) is 0 Å². The van der Waals surface area contributed by atoms with Gasteiger partial charge >= 0.3 is 0 Å². The molecule has 2 saturated heterocycles. The Kier molecular flexibility index (Phi) is 8.72. The Morgan fingerprint density at radius 1 is 1.27 bits per heavy atom. The molecule has 184 valence electrons. The lowest BCUT2D eigenvalue weighted by molar-refractivity contribution is -0.315. The van der Waals surface area contributed by atoms with Gasteiger partial charge in [0.1, 0.15) is 32.7 Å². The van der Waals surface area contributed by atoms with Crippen LogP contribution in [0.5, 0.6) is 0 Å². The van der Waals surface area contributed by atoms with Crippen molar-refractivity contribution < 1.29 is 28.4 Å². The van der Waals surface area contributed by atoms with Gasteiger partial charge in [0, 0.05) is 25.4 Å². The summed E-state index contributed by atoms with van der Waals surface area (Å²) in [6.45, 7) is 14.7. The normalized spacial score (nSPS) is 29.6. The van der Waals surface area contributed by atoms with Crippen molar-refractivity contribution in [2.24, 2.45) is 0 Å². The van der Waals surface area contributed by atoms with Gasteiger partial charge in [-0.05, 0) is 46.3 Å². The highest BCUT2D eigenvalue weighted by molar-refractivity contribution is 7.80. The molecule has 0 bridgehead atoms. The third kappa shape index (κ3) is 7.33. The zero-order valence-electron chi connectivity index (χ0n) is 20.6. The van der Waals surface area contributed by atoms with E-state index in [1.807, 2.05) is 27.7 Å². The number of fused-ring (bicyclic) bond motifs is 1. The summed E-state index contributed by atoms with van der Waals surface area (Å²) in [5.74, 6) is 2.50. The first-order chi connectivity index (χ1) is 15.5. The number of ether oxygens (including phenoxy) is 6. The van der Waals surface area contributed by atoms with E-state index in [4.69, 9.17) is 40.6 Å². The van der Waals surface area contributed by atoms with Crippen molar-refractivity contribution >= 4 is 25.5 Å². The quantitative estimate of drug-likeness (QED) is 0.245. The van der Waals surface area contributed by atoms with Crippen molar-refractivity contribution in [3.05, 3.63) is 18.7 Å². The van der Waals surface area contributed by atoms with Gasteiger partial charge in [0.05, 0.1) is 0 Å². The fourth-order valence-electron chi connectivity index (χ4n) is 3.85. The fraction of sp³-hybridized carbons (Fsp3) is 0.739. The molecule has 0 radical (unpaired) electrons. The van der Waals surface area contributed by atoms with E-state index in [2.05, 4.69) is 36.1 Å². The van der Waals surface area contributed by atoms with Crippen LogP contribution in [0.2, 0.25) is 19.6 Å². The third-order valence-electron chi connectivity index (χ3n) is 5.13. The molecule has 0 aliphatic carbocycles. The molecule has 2 aliphatic rings. The molecule has 33 heavy (non-hydrogen) atoms. The molecule has 0 saturated carbocycles. The minimum absolute atomic E-state index is 0.272. The lowest BCUT2D eigenvalue weighted by Crippen LogP contribution is -2.59. The van der Waals surface area contributed by atoms with Crippen LogP contribution in [0.4, 0.5) is 0 Å². The van der Waals surface area contributed by atoms with Crippen LogP contribution in [0.25, 0.3) is 0 Å². The average Bonchev–Trinajstić information content (AvgIpc) is 3.34. The molecule has 0 aromatic carbocycles. The van der Waals surface area contributed by atoms with Crippen LogP contribution in [0.15, 0.2) is 18.7 Å². The summed E-state index contributed by atoms with van der Waals surface area (Å²) in [7, 11) is -1.46. The topological polar surface area (TPSA) is 73.2 Å². The van der Waals surface area contributed by atoms with E-state index in [1.54, 1.807) is 23.3 Å². The fourth-order valence-corrected chi connectivity index (χ4v) is 4.73. The molecule has 0 spiro atoms. The minimum atomic E-state index is -1.46. The molecule has 2 fully saturated rings. The van der Waals surface area contributed by atoms with Crippen molar-refractivity contribution in [1.29, 1.82) is 0 Å². The zero-order chi connectivity index (χ0) is 24.2. The van der Waals surface area contributed by atoms with Crippen molar-refractivity contribution in [1.82, 2.24) is 9.55 Å². The molecule has 6 atom stereocenters. The lowest BCUT2D eigenvalue weighted by atomic mass is 9.95. The summed E-state index contributed by atoms with van der Waals surface area (Å²) in [4.78, 5) is 4.05. The number of aromatic nitrogens is 2. The summed E-state index contributed by atoms with van der Waals surface area (Å²) in [5.41, 5.74) is 3.41. The van der Waals surface area contributed by atoms with Gasteiger partial charge in [0.15, 0.2) is 24.5 Å². The van der Waals surface area contributed by atoms with Crippen LogP contribution in [0.1, 0.15) is 40.5 Å². The second-order valence-corrected chi connectivity index (χ2v) is 14.8. The lowest BCUT2D eigenvalue weighted by Gasteiger charge is -2.42. The maximum Gasteiger partial charge on any atom is 0.269 e. The van der Waals surface area contributed by atoms with E-state index < -0.39 is 44.8 Å². The predicted molar refractivity (Wildman–Crippen MR) is 130 cm³/mol. The van der Waals surface area contributed by atoms with Crippen molar-refractivity contribution in [2.45, 2.75) is 103 Å². The predicted octanol–water partition coefficient (Wildman–Crippen LogP) is 3.71. The van der Waals surface area contributed by atoms with E-state index in [1.165, 1.54) is 0 Å². The zero-order valence-corrected chi connectivity index (χ0v) is 22.4. The largest absolute Gasteiger partial charge is 0.461 e. The van der Waals surface area contributed by atoms with Crippen LogP contribution < -0.4 is 0 Å². The molecule has 8 nitrogen and oxygen atoms in total. The standard InChI is InChI=1S/C23H36N2O6SSi/c1-8-26-16(2)27-21-20-19(30-23(3,4)31-20)18(29-22(32)25-13-12-24-15-25)17(28-21)11-9-10-14-33(5,6)7/h12-13,15-21H,8-9,11H2,1-7H3/t16?,17-,18-,19+,20+,21+/m1/s1. The van der Waals surface area contributed by atoms with Gasteiger partial charge in [-0.1, -0.05) is 19.6 Å². The summed E-state index contributed by atoms with van der Waals surface area (Å²) in [6, 6.07) is 0. The second kappa shape index (κ2) is 10.9. The second-order valence-electron chi connectivity index (χ2n) is 9.68. The highest BCUT2D eigenvalue weighted by atomic mass is 32.1. The Morgan fingerprint density at radius 2 is 2.00 bits per heavy atom. The molecular weight excluding hydrogens is 460 g/mol. The Hall–Kier alpha value is -1.32. The first-order valence-electron chi connectivity index (χ1n) is 11.5. The molecule has 3 rings (SSSR count). The first kappa shape index (κ1) is 26.3. The minimum Gasteiger partial charge on any atom is -0.461 e. The molecule has 3 heterocycles. The van der Waals surface area contributed by atoms with Crippen LogP contribution in [-0.2, 0) is 28.4 Å². The van der Waals surface area contributed by atoms with E-state index in [-0.39, 0.29) is 11.3 Å². The maximum atomic E-state index is 6.40. The van der Waals surface area contributed by atoms with Gasteiger partial charge < -0.3 is 28.4 Å². The molecule has 2 aliphatic heterocycles. The SMILES string of the molecule is CCOC(C)O[C@H]1O[C@H](CCC#C[Si](C)(C)C)[C@@H](OC(=S)n2ccnc2)[C@@H]2OC(C)(C)O[C@H]12. The molecule has 1 aromatic rings. The monoisotopic (exact) mass is 496 g/mol. The smallest absolute Gasteiger partial charge is 0.269 e. The summed E-state index contributed by atoms with van der Waals surface area (Å²) < 4.78 is 38.4. The van der Waals surface area contributed by atoms with Crippen LogP contribution >= 0.6 is 12.2 Å². The highest BCUT2D eigenvalue weighted by Gasteiger charge is 2.57. The Morgan fingerprint density at radius 3 is 2.64 bits per heavy atom. The van der Waals surface area contributed by atoms with Gasteiger partial charge in [-0.15, -0.1) is 11.5 Å². The summed E-state index contributed by atoms with van der Waals surface area (Å²) >= 11 is 5.52. The van der Waals surface area contributed by atoms with Crippen LogP contribution in [0.3, 0.4) is 0 Å². The average molecular weight is 497 g/mol. The van der Waals surface area contributed by atoms with Crippen LogP contribution in [-0.4, -0.2) is 72.2 Å². The maximum absolute atomic E-state index is 6.40. The Balaban J connectivity index is 1.83. The van der Waals surface area contributed by atoms with Gasteiger partial charge in [0.2, 0.25) is 0 Å². The third-order valence-corrected chi connectivity index (χ3v) is 6.36. The Labute approximate surface area is 203 Å². The van der Waals surface area contributed by atoms with Crippen molar-refractivity contribution in [3.63, 3.8) is 0 Å². The highest BCUT2D eigenvalue weighted by Crippen LogP contribution is 2.40. The van der Waals surface area contributed by atoms with E-state index >= 15 is 0 Å². The van der Waals surface area contributed by atoms with E-state index in [0.717, 1.165) is 0 Å². The molecule has 1 aromatic heterocycles. The summed E-state index contributed by atoms with van der Waals surface area (Å²) in [6.07, 6.45) is 3.38. The molecule has 1 unspecified atom stereocenters.